The maximum Gasteiger partial charge on any atom is 0.123 e. The molecule has 1 aromatic heterocycles. The number of fused-ring (bicyclic) bond motifs is 1. The predicted molar refractivity (Wildman–Crippen MR) is 114 cm³/mol. The number of hydrogen-bond acceptors (Lipinski definition) is 4. The summed E-state index contributed by atoms with van der Waals surface area (Å²) in [6.45, 7) is 5.01. The van der Waals surface area contributed by atoms with Crippen molar-refractivity contribution in [3.05, 3.63) is 69.7 Å². The zero-order valence-electron chi connectivity index (χ0n) is 16.4. The molecule has 0 N–H and O–H groups in total. The number of aryl methyl sites for hydroxylation is 2. The van der Waals surface area contributed by atoms with E-state index in [-0.39, 0.29) is 0 Å². The third-order valence-corrected chi connectivity index (χ3v) is 6.63. The third kappa shape index (κ3) is 3.81. The minimum absolute atomic E-state index is 0.632. The molecule has 0 amide bonds. The third-order valence-electron chi connectivity index (χ3n) is 5.57. The smallest absolute Gasteiger partial charge is 0.123 e. The van der Waals surface area contributed by atoms with Crippen molar-refractivity contribution < 1.29 is 4.74 Å². The first-order valence-electron chi connectivity index (χ1n) is 9.90. The van der Waals surface area contributed by atoms with E-state index >= 15 is 0 Å². The lowest BCUT2D eigenvalue weighted by Gasteiger charge is -2.10. The van der Waals surface area contributed by atoms with E-state index in [1.807, 2.05) is 24.3 Å². The lowest BCUT2D eigenvalue weighted by molar-refractivity contribution is 0.320. The number of hydrogen-bond donors (Lipinski definition) is 0. The summed E-state index contributed by atoms with van der Waals surface area (Å²) in [5.74, 6) is 1.69. The molecular weight excluding hydrogens is 364 g/mol. The maximum absolute atomic E-state index is 8.94. The Labute approximate surface area is 170 Å². The molecule has 1 atom stereocenters. The fraction of sp³-hybridized carbons (Fsp3) is 0.333. The van der Waals surface area contributed by atoms with Gasteiger partial charge in [-0.25, -0.2) is 4.98 Å². The second-order valence-electron chi connectivity index (χ2n) is 7.31. The first-order chi connectivity index (χ1) is 13.7. The van der Waals surface area contributed by atoms with Crippen molar-refractivity contribution in [2.24, 2.45) is 0 Å². The van der Waals surface area contributed by atoms with Gasteiger partial charge in [0.2, 0.25) is 0 Å². The quantitative estimate of drug-likeness (QED) is 0.516. The topological polar surface area (TPSA) is 45.9 Å². The normalized spacial score (nSPS) is 15.2. The molecule has 3 aromatic rings. The van der Waals surface area contributed by atoms with Gasteiger partial charge in [-0.1, -0.05) is 25.1 Å². The second kappa shape index (κ2) is 8.16. The summed E-state index contributed by atoms with van der Waals surface area (Å²) < 4.78 is 6.03. The molecule has 0 fully saturated rings. The monoisotopic (exact) mass is 388 g/mol. The van der Waals surface area contributed by atoms with Gasteiger partial charge in [0.1, 0.15) is 10.8 Å². The summed E-state index contributed by atoms with van der Waals surface area (Å²) in [7, 11) is 0. The lowest BCUT2D eigenvalue weighted by Crippen LogP contribution is -2.03. The zero-order valence-corrected chi connectivity index (χ0v) is 17.2. The average molecular weight is 389 g/mol. The molecule has 1 aliphatic carbocycles. The molecular formula is C24H24N2OS. The van der Waals surface area contributed by atoms with Crippen molar-refractivity contribution in [3.8, 4) is 22.4 Å². The highest BCUT2D eigenvalue weighted by Gasteiger charge is 2.21. The van der Waals surface area contributed by atoms with Crippen molar-refractivity contribution in [1.29, 1.82) is 5.26 Å². The summed E-state index contributed by atoms with van der Waals surface area (Å²) in [6.07, 6.45) is 4.46. The van der Waals surface area contributed by atoms with E-state index in [9.17, 15) is 0 Å². The highest BCUT2D eigenvalue weighted by molar-refractivity contribution is 7.15. The van der Waals surface area contributed by atoms with Crippen LogP contribution in [0.3, 0.4) is 0 Å². The van der Waals surface area contributed by atoms with Crippen LogP contribution in [-0.2, 0) is 12.8 Å². The minimum atomic E-state index is 0.632. The van der Waals surface area contributed by atoms with Gasteiger partial charge < -0.3 is 4.74 Å². The molecule has 142 valence electrons. The van der Waals surface area contributed by atoms with E-state index in [0.29, 0.717) is 12.2 Å². The number of ether oxygens (including phenoxy) is 1. The van der Waals surface area contributed by atoms with Crippen LogP contribution in [0.15, 0.2) is 42.5 Å². The Hall–Kier alpha value is -2.64. The number of nitrogens with zero attached hydrogens (tertiary/aromatic N) is 2. The Morgan fingerprint density at radius 1 is 1.21 bits per heavy atom. The van der Waals surface area contributed by atoms with E-state index < -0.39 is 0 Å². The Kier molecular flexibility index (Phi) is 5.45. The van der Waals surface area contributed by atoms with Gasteiger partial charge in [0.25, 0.3) is 0 Å². The van der Waals surface area contributed by atoms with Crippen molar-refractivity contribution in [2.75, 3.05) is 6.61 Å². The molecule has 0 saturated heterocycles. The fourth-order valence-corrected chi connectivity index (χ4v) is 4.90. The van der Waals surface area contributed by atoms with Gasteiger partial charge in [0.05, 0.1) is 23.9 Å². The minimum Gasteiger partial charge on any atom is -0.493 e. The van der Waals surface area contributed by atoms with Gasteiger partial charge in [-0.2, -0.15) is 5.26 Å². The molecule has 1 heterocycles. The van der Waals surface area contributed by atoms with Crippen LogP contribution in [0, 0.1) is 18.3 Å². The maximum atomic E-state index is 8.94. The van der Waals surface area contributed by atoms with Gasteiger partial charge >= 0.3 is 0 Å². The SMILES string of the molecule is CC[C@@H]1CCc2cc(OCCc3nc(-c4ccc(C#N)cc4)sc3C)ccc21. The number of benzene rings is 2. The molecule has 0 aliphatic heterocycles. The average Bonchev–Trinajstić information content (AvgIpc) is 3.31. The van der Waals surface area contributed by atoms with Crippen LogP contribution in [0.4, 0.5) is 0 Å². The largest absolute Gasteiger partial charge is 0.493 e. The van der Waals surface area contributed by atoms with Crippen LogP contribution in [0.25, 0.3) is 10.6 Å². The van der Waals surface area contributed by atoms with Crippen LogP contribution in [-0.4, -0.2) is 11.6 Å². The number of aromatic nitrogens is 1. The molecule has 0 unspecified atom stereocenters. The highest BCUT2D eigenvalue weighted by atomic mass is 32.1. The van der Waals surface area contributed by atoms with Crippen molar-refractivity contribution >= 4 is 11.3 Å². The molecule has 0 saturated carbocycles. The summed E-state index contributed by atoms with van der Waals surface area (Å²) >= 11 is 1.70. The number of rotatable bonds is 6. The summed E-state index contributed by atoms with van der Waals surface area (Å²) in [4.78, 5) is 6.03. The van der Waals surface area contributed by atoms with Gasteiger partial charge in [-0.15, -0.1) is 11.3 Å². The summed E-state index contributed by atoms with van der Waals surface area (Å²) in [6, 6.07) is 16.3. The predicted octanol–water partition coefficient (Wildman–Crippen LogP) is 6.05. The molecule has 0 spiro atoms. The first kappa shape index (κ1) is 18.7. The van der Waals surface area contributed by atoms with Crippen LogP contribution in [0.1, 0.15) is 52.9 Å². The van der Waals surface area contributed by atoms with E-state index in [1.54, 1.807) is 11.3 Å². The van der Waals surface area contributed by atoms with Gasteiger partial charge in [0.15, 0.2) is 0 Å². The van der Waals surface area contributed by atoms with Gasteiger partial charge in [-0.3, -0.25) is 0 Å². The Morgan fingerprint density at radius 3 is 2.79 bits per heavy atom. The van der Waals surface area contributed by atoms with Crippen molar-refractivity contribution in [2.45, 2.75) is 45.4 Å². The van der Waals surface area contributed by atoms with Crippen LogP contribution < -0.4 is 4.74 Å². The first-order valence-corrected chi connectivity index (χ1v) is 10.7. The van der Waals surface area contributed by atoms with Gasteiger partial charge in [-0.05, 0) is 67.5 Å². The molecule has 3 nitrogen and oxygen atoms in total. The van der Waals surface area contributed by atoms with E-state index in [4.69, 9.17) is 15.0 Å². The molecule has 4 heteroatoms. The fourth-order valence-electron chi connectivity index (χ4n) is 3.93. The van der Waals surface area contributed by atoms with E-state index in [1.165, 1.54) is 35.3 Å². The molecule has 4 rings (SSSR count). The highest BCUT2D eigenvalue weighted by Crippen LogP contribution is 2.37. The number of thiazole rings is 1. The van der Waals surface area contributed by atoms with E-state index in [0.717, 1.165) is 34.4 Å². The molecule has 2 aromatic carbocycles. The van der Waals surface area contributed by atoms with Gasteiger partial charge in [0, 0.05) is 16.9 Å². The summed E-state index contributed by atoms with van der Waals surface area (Å²) in [5, 5.41) is 9.94. The Morgan fingerprint density at radius 2 is 2.04 bits per heavy atom. The molecule has 28 heavy (non-hydrogen) atoms. The Balaban J connectivity index is 1.39. The van der Waals surface area contributed by atoms with Crippen LogP contribution in [0.2, 0.25) is 0 Å². The van der Waals surface area contributed by atoms with Crippen LogP contribution in [0.5, 0.6) is 5.75 Å². The second-order valence-corrected chi connectivity index (χ2v) is 8.52. The van der Waals surface area contributed by atoms with Crippen LogP contribution >= 0.6 is 11.3 Å². The lowest BCUT2D eigenvalue weighted by atomic mass is 9.99. The van der Waals surface area contributed by atoms with Crippen molar-refractivity contribution in [1.82, 2.24) is 4.98 Å². The van der Waals surface area contributed by atoms with E-state index in [2.05, 4.69) is 38.1 Å². The Bertz CT molecular complexity index is 1010. The zero-order chi connectivity index (χ0) is 19.5. The molecule has 0 radical (unpaired) electrons. The molecule has 1 aliphatic rings. The van der Waals surface area contributed by atoms with Crippen molar-refractivity contribution in [3.63, 3.8) is 0 Å². The standard InChI is InChI=1S/C24H24N2OS/c1-3-18-8-9-20-14-21(10-11-22(18)20)27-13-12-23-16(2)28-24(26-23)19-6-4-17(15-25)5-7-19/h4-7,10-11,14,18H,3,8-9,12-13H2,1-2H3/t18-/m1/s1. The number of nitriles is 1. The molecule has 0 bridgehead atoms. The summed E-state index contributed by atoms with van der Waals surface area (Å²) in [5.41, 5.74) is 5.79.